The number of carbonyl (C=O) groups excluding carboxylic acids is 2. The van der Waals surface area contributed by atoms with Crippen LogP contribution < -0.4 is 0 Å². The van der Waals surface area contributed by atoms with Gasteiger partial charge in [-0.2, -0.15) is 10.5 Å². The zero-order valence-electron chi connectivity index (χ0n) is 18.1. The molecule has 0 aliphatic rings. The van der Waals surface area contributed by atoms with Gasteiger partial charge in [-0.1, -0.05) is 91.0 Å². The van der Waals surface area contributed by atoms with E-state index in [0.717, 1.165) is 5.56 Å². The molecule has 4 heteroatoms. The van der Waals surface area contributed by atoms with Gasteiger partial charge in [0.1, 0.15) is 0 Å². The predicted molar refractivity (Wildman–Crippen MR) is 133 cm³/mol. The van der Waals surface area contributed by atoms with Crippen molar-refractivity contribution in [1.29, 1.82) is 0 Å². The van der Waals surface area contributed by atoms with Crippen LogP contribution >= 0.6 is 10.5 Å². The summed E-state index contributed by atoms with van der Waals surface area (Å²) in [6, 6.07) is 28.0. The van der Waals surface area contributed by atoms with Gasteiger partial charge in [-0.05, 0) is 31.1 Å². The first kappa shape index (κ1) is 24.2. The van der Waals surface area contributed by atoms with Crippen molar-refractivity contribution in [2.24, 2.45) is 0 Å². The summed E-state index contributed by atoms with van der Waals surface area (Å²) >= 11 is 0. The summed E-state index contributed by atoms with van der Waals surface area (Å²) < 4.78 is 0. The van der Waals surface area contributed by atoms with Crippen LogP contribution in [-0.2, 0) is 0 Å². The quantitative estimate of drug-likeness (QED) is 0.316. The Bertz CT molecular complexity index is 1050. The fraction of sp³-hybridized carbons (Fsp3) is 0.148. The van der Waals surface area contributed by atoms with Crippen molar-refractivity contribution in [2.75, 3.05) is 19.1 Å². The first-order chi connectivity index (χ1) is 15.0. The molecule has 0 saturated carbocycles. The van der Waals surface area contributed by atoms with Gasteiger partial charge in [-0.3, -0.25) is 9.59 Å². The molecule has 160 valence electrons. The topological polar surface area (TPSA) is 54.4 Å². The monoisotopic (exact) mass is 432 g/mol. The van der Waals surface area contributed by atoms with Crippen molar-refractivity contribution in [3.05, 3.63) is 114 Å². The molecule has 0 unspecified atom stereocenters. The average Bonchev–Trinajstić information content (AvgIpc) is 2.80. The van der Waals surface area contributed by atoms with Crippen LogP contribution in [0.15, 0.2) is 97.1 Å². The highest BCUT2D eigenvalue weighted by Crippen LogP contribution is 2.25. The minimum absolute atomic E-state index is 0.0371. The predicted octanol–water partition coefficient (Wildman–Crippen LogP) is 5.54. The molecule has 31 heavy (non-hydrogen) atoms. The Morgan fingerprint density at radius 1 is 0.742 bits per heavy atom. The van der Waals surface area contributed by atoms with Crippen LogP contribution in [0.2, 0.25) is 0 Å². The highest BCUT2D eigenvalue weighted by molar-refractivity contribution is 8.16. The molecule has 0 spiro atoms. The normalized spacial score (nSPS) is 10.8. The van der Waals surface area contributed by atoms with E-state index in [9.17, 15) is 9.59 Å². The summed E-state index contributed by atoms with van der Waals surface area (Å²) in [5.41, 5.74) is 2.80. The molecular weight excluding hydrogens is 404 g/mol. The second kappa shape index (κ2) is 12.6. The lowest BCUT2D eigenvalue weighted by molar-refractivity contribution is 0.104. The molecule has 3 nitrogen and oxygen atoms in total. The standard InChI is InChI=1S/C25H22O2S.C2H6O/c1-28(2)25(24(27)21-16-10-5-11-17-21)22(19-12-6-3-7-13-19)18-23(26)20-14-8-4-9-15-20;1-2-3/h3-18H,1-2H3;3H,2H2,1H3. The van der Waals surface area contributed by atoms with Crippen molar-refractivity contribution in [3.63, 3.8) is 0 Å². The largest absolute Gasteiger partial charge is 0.397 e. The van der Waals surface area contributed by atoms with Crippen LogP contribution in [0.1, 0.15) is 33.2 Å². The Balaban J connectivity index is 0.00000107. The van der Waals surface area contributed by atoms with Gasteiger partial charge in [-0.15, -0.1) is 0 Å². The minimum atomic E-state index is -0.341. The number of aliphatic hydroxyl groups excluding tert-OH is 1. The molecule has 0 aliphatic carbocycles. The summed E-state index contributed by atoms with van der Waals surface area (Å²) in [5, 5.41) is 7.57. The second-order valence-electron chi connectivity index (χ2n) is 6.81. The molecule has 3 aromatic carbocycles. The highest BCUT2D eigenvalue weighted by Gasteiger charge is 2.20. The van der Waals surface area contributed by atoms with E-state index >= 15 is 0 Å². The fourth-order valence-electron chi connectivity index (χ4n) is 2.96. The maximum Gasteiger partial charge on any atom is 0.199 e. The van der Waals surface area contributed by atoms with E-state index in [1.54, 1.807) is 25.1 Å². The number of hydrogen-bond donors (Lipinski definition) is 1. The lowest BCUT2D eigenvalue weighted by Gasteiger charge is -2.15. The summed E-state index contributed by atoms with van der Waals surface area (Å²) in [7, 11) is -0.341. The SMILES string of the molecule is CCO.CS(C)=C(C(=O)c1ccccc1)C(=CC(=O)c1ccccc1)c1ccccc1. The maximum atomic E-state index is 13.3. The van der Waals surface area contributed by atoms with Gasteiger partial charge >= 0.3 is 0 Å². The fourth-order valence-corrected chi connectivity index (χ4v) is 4.07. The highest BCUT2D eigenvalue weighted by atomic mass is 32.2. The molecule has 0 aromatic heterocycles. The van der Waals surface area contributed by atoms with Gasteiger partial charge in [0.25, 0.3) is 0 Å². The van der Waals surface area contributed by atoms with Crippen LogP contribution in [0.4, 0.5) is 0 Å². The van der Waals surface area contributed by atoms with Crippen LogP contribution in [-0.4, -0.2) is 40.7 Å². The molecule has 0 heterocycles. The van der Waals surface area contributed by atoms with E-state index in [0.29, 0.717) is 21.6 Å². The number of aliphatic hydroxyl groups is 1. The van der Waals surface area contributed by atoms with E-state index in [2.05, 4.69) is 0 Å². The average molecular weight is 433 g/mol. The number of ketones is 2. The third-order valence-corrected chi connectivity index (χ3v) is 5.54. The third-order valence-electron chi connectivity index (χ3n) is 4.31. The molecule has 0 bridgehead atoms. The zero-order chi connectivity index (χ0) is 22.6. The third kappa shape index (κ3) is 6.99. The number of benzene rings is 3. The van der Waals surface area contributed by atoms with Gasteiger partial charge in [0.15, 0.2) is 11.6 Å². The number of hydrogen-bond acceptors (Lipinski definition) is 3. The Labute approximate surface area is 187 Å². The van der Waals surface area contributed by atoms with Crippen molar-refractivity contribution in [2.45, 2.75) is 6.92 Å². The van der Waals surface area contributed by atoms with Crippen LogP contribution in [0.3, 0.4) is 0 Å². The van der Waals surface area contributed by atoms with Gasteiger partial charge in [0.05, 0.1) is 4.86 Å². The second-order valence-corrected chi connectivity index (χ2v) is 8.85. The summed E-state index contributed by atoms with van der Waals surface area (Å²) in [6.07, 6.45) is 5.63. The molecule has 0 saturated heterocycles. The van der Waals surface area contributed by atoms with E-state index in [1.807, 2.05) is 91.4 Å². The van der Waals surface area contributed by atoms with Gasteiger partial charge in [-0.25, -0.2) is 0 Å². The Morgan fingerprint density at radius 3 is 1.55 bits per heavy atom. The summed E-state index contributed by atoms with van der Waals surface area (Å²) in [5.74, 6) is -0.145. The molecule has 0 amide bonds. The maximum absolute atomic E-state index is 13.3. The molecule has 0 radical (unpaired) electrons. The van der Waals surface area contributed by atoms with Gasteiger partial charge in [0.2, 0.25) is 0 Å². The molecule has 0 fully saturated rings. The van der Waals surface area contributed by atoms with Gasteiger partial charge in [0, 0.05) is 23.3 Å². The molecular formula is C27H28O3S. The molecule has 0 aliphatic heterocycles. The molecule has 3 rings (SSSR count). The zero-order valence-corrected chi connectivity index (χ0v) is 18.9. The first-order valence-electron chi connectivity index (χ1n) is 10.0. The molecule has 3 aromatic rings. The summed E-state index contributed by atoms with van der Waals surface area (Å²) in [4.78, 5) is 26.9. The first-order valence-corrected chi connectivity index (χ1v) is 12.1. The molecule has 1 N–H and O–H groups in total. The van der Waals surface area contributed by atoms with Crippen molar-refractivity contribution < 1.29 is 14.7 Å². The molecule has 0 atom stereocenters. The minimum Gasteiger partial charge on any atom is -0.397 e. The van der Waals surface area contributed by atoms with Crippen LogP contribution in [0, 0.1) is 0 Å². The van der Waals surface area contributed by atoms with E-state index < -0.39 is 0 Å². The lowest BCUT2D eigenvalue weighted by atomic mass is 9.95. The Kier molecular flexibility index (Phi) is 9.82. The van der Waals surface area contributed by atoms with Crippen molar-refractivity contribution >= 4 is 32.5 Å². The van der Waals surface area contributed by atoms with Gasteiger partial charge < -0.3 is 5.11 Å². The number of rotatable bonds is 6. The van der Waals surface area contributed by atoms with Crippen LogP contribution in [0.5, 0.6) is 0 Å². The summed E-state index contributed by atoms with van der Waals surface area (Å²) in [6.45, 7) is 1.93. The number of Topliss-reactive ketones (excluding diaryl/α,β-unsaturated/α-hetero) is 1. The number of allylic oxidation sites excluding steroid dienone is 2. The van der Waals surface area contributed by atoms with E-state index in [1.165, 1.54) is 0 Å². The Hall–Kier alpha value is -3.08. The van der Waals surface area contributed by atoms with E-state index in [4.69, 9.17) is 5.11 Å². The van der Waals surface area contributed by atoms with E-state index in [-0.39, 0.29) is 28.7 Å². The Morgan fingerprint density at radius 2 is 1.13 bits per heavy atom. The lowest BCUT2D eigenvalue weighted by Crippen LogP contribution is -2.17. The number of carbonyl (C=O) groups is 2. The van der Waals surface area contributed by atoms with Crippen LogP contribution in [0.25, 0.3) is 5.57 Å². The van der Waals surface area contributed by atoms with Crippen molar-refractivity contribution in [3.8, 4) is 0 Å². The smallest absolute Gasteiger partial charge is 0.199 e. The van der Waals surface area contributed by atoms with Crippen molar-refractivity contribution in [1.82, 2.24) is 0 Å².